The molecule has 0 saturated heterocycles. The van der Waals surface area contributed by atoms with Crippen molar-refractivity contribution in [3.8, 4) is 39.7 Å². The Balaban J connectivity index is 1.88. The van der Waals surface area contributed by atoms with E-state index < -0.39 is 5.97 Å². The number of carboxylic acids is 1. The number of ether oxygens (including phenoxy) is 2. The van der Waals surface area contributed by atoms with E-state index in [0.29, 0.717) is 12.2 Å². The molecule has 4 aromatic rings. The molecular formula is C27H26N2O4S. The number of nitrogens with zero attached hydrogens (tertiary/aromatic N) is 2. The average Bonchev–Trinajstić information content (AvgIpc) is 3.26. The van der Waals surface area contributed by atoms with E-state index in [0.717, 1.165) is 44.9 Å². The summed E-state index contributed by atoms with van der Waals surface area (Å²) >= 11 is 1.56. The van der Waals surface area contributed by atoms with Crippen LogP contribution in [0, 0.1) is 0 Å². The predicted molar refractivity (Wildman–Crippen MR) is 135 cm³/mol. The van der Waals surface area contributed by atoms with Gasteiger partial charge in [-0.2, -0.15) is 0 Å². The van der Waals surface area contributed by atoms with Crippen molar-refractivity contribution in [3.63, 3.8) is 0 Å². The summed E-state index contributed by atoms with van der Waals surface area (Å²) in [5.74, 6) is 1.43. The van der Waals surface area contributed by atoms with Gasteiger partial charge in [0.15, 0.2) is 5.16 Å². The Kier molecular flexibility index (Phi) is 7.54. The van der Waals surface area contributed by atoms with Gasteiger partial charge in [-0.3, -0.25) is 9.36 Å². The molecule has 1 heterocycles. The third-order valence-corrected chi connectivity index (χ3v) is 6.38. The Morgan fingerprint density at radius 3 is 2.03 bits per heavy atom. The highest BCUT2D eigenvalue weighted by atomic mass is 32.2. The lowest BCUT2D eigenvalue weighted by atomic mass is 10.0. The van der Waals surface area contributed by atoms with Gasteiger partial charge in [0, 0.05) is 29.0 Å². The third kappa shape index (κ3) is 5.26. The standard InChI is InChI=1S/C27H26N2O4S/c1-32-22-14-10-19(11-15-22)25-26(20-12-16-23(33-2)17-13-20)29(21-7-4-3-5-8-21)27(28-25)34-18-6-9-24(30)31/h3-5,7-8,10-17H,6,9,18H2,1-2H3,(H,30,31). The molecule has 0 atom stereocenters. The zero-order valence-electron chi connectivity index (χ0n) is 19.1. The van der Waals surface area contributed by atoms with Crippen LogP contribution in [0.25, 0.3) is 28.2 Å². The van der Waals surface area contributed by atoms with E-state index in [-0.39, 0.29) is 6.42 Å². The summed E-state index contributed by atoms with van der Waals surface area (Å²) in [5, 5.41) is 9.84. The Labute approximate surface area is 203 Å². The van der Waals surface area contributed by atoms with Gasteiger partial charge in [-0.15, -0.1) is 0 Å². The first-order valence-corrected chi connectivity index (χ1v) is 11.9. The van der Waals surface area contributed by atoms with Gasteiger partial charge < -0.3 is 14.6 Å². The van der Waals surface area contributed by atoms with Gasteiger partial charge in [0.2, 0.25) is 0 Å². The summed E-state index contributed by atoms with van der Waals surface area (Å²) in [6.07, 6.45) is 0.701. The molecule has 4 rings (SSSR count). The molecule has 0 aliphatic rings. The van der Waals surface area contributed by atoms with E-state index in [2.05, 4.69) is 4.57 Å². The minimum absolute atomic E-state index is 0.135. The van der Waals surface area contributed by atoms with E-state index in [1.54, 1.807) is 26.0 Å². The first kappa shape index (κ1) is 23.4. The molecule has 0 amide bonds. The Bertz CT molecular complexity index is 1240. The summed E-state index contributed by atoms with van der Waals surface area (Å²) in [5.41, 5.74) is 4.76. The number of benzene rings is 3. The lowest BCUT2D eigenvalue weighted by Gasteiger charge is -2.13. The molecular weight excluding hydrogens is 448 g/mol. The molecule has 174 valence electrons. The molecule has 1 aromatic heterocycles. The normalized spacial score (nSPS) is 10.8. The molecule has 0 saturated carbocycles. The minimum Gasteiger partial charge on any atom is -0.497 e. The largest absolute Gasteiger partial charge is 0.497 e. The van der Waals surface area contributed by atoms with Gasteiger partial charge in [0.1, 0.15) is 11.5 Å². The van der Waals surface area contributed by atoms with Crippen molar-refractivity contribution in [1.29, 1.82) is 0 Å². The number of imidazole rings is 1. The molecule has 0 bridgehead atoms. The zero-order chi connectivity index (χ0) is 23.9. The van der Waals surface area contributed by atoms with E-state index in [1.807, 2.05) is 78.9 Å². The van der Waals surface area contributed by atoms with Gasteiger partial charge in [0.25, 0.3) is 0 Å². The summed E-state index contributed by atoms with van der Waals surface area (Å²) in [4.78, 5) is 16.0. The summed E-state index contributed by atoms with van der Waals surface area (Å²) in [6.45, 7) is 0. The van der Waals surface area contributed by atoms with Crippen molar-refractivity contribution in [2.24, 2.45) is 0 Å². The van der Waals surface area contributed by atoms with E-state index in [4.69, 9.17) is 19.6 Å². The number of carboxylic acid groups (broad SMARTS) is 1. The molecule has 0 radical (unpaired) electrons. The molecule has 0 fully saturated rings. The second-order valence-corrected chi connectivity index (χ2v) is 8.63. The second-order valence-electron chi connectivity index (χ2n) is 7.57. The van der Waals surface area contributed by atoms with Crippen molar-refractivity contribution >= 4 is 17.7 Å². The number of aliphatic carboxylic acids is 1. The number of methoxy groups -OCH3 is 2. The fourth-order valence-electron chi connectivity index (χ4n) is 3.67. The maximum atomic E-state index is 11.0. The first-order valence-electron chi connectivity index (χ1n) is 10.9. The molecule has 0 spiro atoms. The zero-order valence-corrected chi connectivity index (χ0v) is 19.9. The van der Waals surface area contributed by atoms with Gasteiger partial charge in [-0.1, -0.05) is 30.0 Å². The topological polar surface area (TPSA) is 73.6 Å². The third-order valence-electron chi connectivity index (χ3n) is 5.35. The lowest BCUT2D eigenvalue weighted by Crippen LogP contribution is -2.00. The number of para-hydroxylation sites is 1. The lowest BCUT2D eigenvalue weighted by molar-refractivity contribution is -0.137. The van der Waals surface area contributed by atoms with Crippen LogP contribution in [0.3, 0.4) is 0 Å². The van der Waals surface area contributed by atoms with Crippen molar-refractivity contribution in [1.82, 2.24) is 9.55 Å². The van der Waals surface area contributed by atoms with Crippen molar-refractivity contribution in [3.05, 3.63) is 78.9 Å². The number of carbonyl (C=O) groups is 1. The van der Waals surface area contributed by atoms with E-state index in [1.165, 1.54) is 0 Å². The molecule has 0 aliphatic carbocycles. The minimum atomic E-state index is -0.787. The van der Waals surface area contributed by atoms with E-state index >= 15 is 0 Å². The average molecular weight is 475 g/mol. The first-order chi connectivity index (χ1) is 16.6. The van der Waals surface area contributed by atoms with Crippen molar-refractivity contribution in [2.75, 3.05) is 20.0 Å². The number of rotatable bonds is 10. The van der Waals surface area contributed by atoms with Crippen molar-refractivity contribution in [2.45, 2.75) is 18.0 Å². The number of aromatic nitrogens is 2. The van der Waals surface area contributed by atoms with E-state index in [9.17, 15) is 4.79 Å². The number of hydrogen-bond acceptors (Lipinski definition) is 5. The van der Waals surface area contributed by atoms with Gasteiger partial charge in [-0.05, 0) is 67.1 Å². The molecule has 6 nitrogen and oxygen atoms in total. The molecule has 7 heteroatoms. The Morgan fingerprint density at radius 1 is 0.882 bits per heavy atom. The highest BCUT2D eigenvalue weighted by molar-refractivity contribution is 7.99. The maximum absolute atomic E-state index is 11.0. The van der Waals surface area contributed by atoms with Crippen LogP contribution in [0.2, 0.25) is 0 Å². The van der Waals surface area contributed by atoms with Crippen LogP contribution >= 0.6 is 11.8 Å². The van der Waals surface area contributed by atoms with Gasteiger partial charge in [0.05, 0.1) is 25.6 Å². The van der Waals surface area contributed by atoms with Gasteiger partial charge in [-0.25, -0.2) is 4.98 Å². The Morgan fingerprint density at radius 2 is 1.47 bits per heavy atom. The van der Waals surface area contributed by atoms with Crippen molar-refractivity contribution < 1.29 is 19.4 Å². The van der Waals surface area contributed by atoms with Crippen LogP contribution in [0.15, 0.2) is 84.0 Å². The molecule has 1 N–H and O–H groups in total. The quantitative estimate of drug-likeness (QED) is 0.219. The van der Waals surface area contributed by atoms with Crippen LogP contribution in [0.4, 0.5) is 0 Å². The number of hydrogen-bond donors (Lipinski definition) is 1. The predicted octanol–water partition coefficient (Wildman–Crippen LogP) is 6.18. The summed E-state index contributed by atoms with van der Waals surface area (Å²) in [6, 6.07) is 25.9. The molecule has 0 aliphatic heterocycles. The maximum Gasteiger partial charge on any atom is 0.303 e. The Hall–Kier alpha value is -3.71. The smallest absolute Gasteiger partial charge is 0.303 e. The van der Waals surface area contributed by atoms with Crippen LogP contribution in [-0.4, -0.2) is 40.6 Å². The second kappa shape index (κ2) is 10.9. The van der Waals surface area contributed by atoms with Gasteiger partial charge >= 0.3 is 5.97 Å². The fourth-order valence-corrected chi connectivity index (χ4v) is 4.62. The summed E-state index contributed by atoms with van der Waals surface area (Å²) < 4.78 is 12.8. The van der Waals surface area contributed by atoms with Crippen LogP contribution in [0.5, 0.6) is 11.5 Å². The molecule has 3 aromatic carbocycles. The van der Waals surface area contributed by atoms with Crippen LogP contribution in [0.1, 0.15) is 12.8 Å². The fraction of sp³-hybridized carbons (Fsp3) is 0.185. The monoisotopic (exact) mass is 474 g/mol. The molecule has 34 heavy (non-hydrogen) atoms. The van der Waals surface area contributed by atoms with Crippen LogP contribution in [-0.2, 0) is 4.79 Å². The highest BCUT2D eigenvalue weighted by Crippen LogP contribution is 2.39. The molecule has 0 unspecified atom stereocenters. The SMILES string of the molecule is COc1ccc(-c2nc(SCCCC(=O)O)n(-c3ccccc3)c2-c2ccc(OC)cc2)cc1. The van der Waals surface area contributed by atoms with Crippen LogP contribution < -0.4 is 9.47 Å². The number of thioether (sulfide) groups is 1. The summed E-state index contributed by atoms with van der Waals surface area (Å²) in [7, 11) is 3.30. The highest BCUT2D eigenvalue weighted by Gasteiger charge is 2.22.